The van der Waals surface area contributed by atoms with Gasteiger partial charge in [-0.25, -0.2) is 4.39 Å². The van der Waals surface area contributed by atoms with Gasteiger partial charge in [0.2, 0.25) is 5.78 Å². The summed E-state index contributed by atoms with van der Waals surface area (Å²) in [6, 6.07) is 11.6. The lowest BCUT2D eigenvalue weighted by Gasteiger charge is -2.11. The molecule has 0 spiro atoms. The number of carbonyl (C=O) groups is 1. The predicted molar refractivity (Wildman–Crippen MR) is 112 cm³/mol. The van der Waals surface area contributed by atoms with Gasteiger partial charge >= 0.3 is 0 Å². The Morgan fingerprint density at radius 2 is 1.79 bits per heavy atom. The molecule has 0 amide bonds. The van der Waals surface area contributed by atoms with Crippen LogP contribution >= 0.6 is 46.4 Å². The first-order chi connectivity index (χ1) is 13.3. The van der Waals surface area contributed by atoms with E-state index < -0.39 is 15.4 Å². The zero-order valence-electron chi connectivity index (χ0n) is 14.1. The van der Waals surface area contributed by atoms with E-state index >= 15 is 0 Å². The molecule has 3 nitrogen and oxygen atoms in total. The van der Waals surface area contributed by atoms with Crippen molar-refractivity contribution >= 4 is 57.9 Å². The van der Waals surface area contributed by atoms with Crippen LogP contribution in [-0.4, -0.2) is 20.3 Å². The second-order valence-corrected chi connectivity index (χ2v) is 8.94. The highest BCUT2D eigenvalue weighted by Crippen LogP contribution is 2.39. The molecule has 28 heavy (non-hydrogen) atoms. The van der Waals surface area contributed by atoms with Crippen LogP contribution in [0.25, 0.3) is 11.1 Å². The fourth-order valence-corrected chi connectivity index (χ4v) is 3.73. The molecule has 3 aromatic rings. The summed E-state index contributed by atoms with van der Waals surface area (Å²) < 4.78 is 12.4. The molecule has 2 heterocycles. The molecule has 142 valence electrons. The number of H-pyrrole nitrogens is 1. The van der Waals surface area contributed by atoms with Crippen LogP contribution < -0.4 is 0 Å². The fraction of sp³-hybridized carbons (Fsp3) is 0.100. The molecule has 1 N–H and O–H groups in total. The van der Waals surface area contributed by atoms with Crippen LogP contribution in [0.2, 0.25) is 5.02 Å². The number of halogens is 5. The summed E-state index contributed by atoms with van der Waals surface area (Å²) in [5.74, 6) is -1.09. The molecule has 0 fully saturated rings. The number of aliphatic imine (C=N–C) groups is 1. The molecule has 0 saturated carbocycles. The van der Waals surface area contributed by atoms with Gasteiger partial charge in [-0.1, -0.05) is 64.6 Å². The first-order valence-corrected chi connectivity index (χ1v) is 9.70. The summed E-state index contributed by atoms with van der Waals surface area (Å²) in [6.45, 7) is 0.108. The maximum absolute atomic E-state index is 14.5. The molecule has 0 aliphatic carbocycles. The van der Waals surface area contributed by atoms with Gasteiger partial charge in [0, 0.05) is 33.5 Å². The minimum Gasteiger partial charge on any atom is -0.358 e. The Morgan fingerprint density at radius 1 is 1.04 bits per heavy atom. The predicted octanol–water partition coefficient (Wildman–Crippen LogP) is 6.38. The number of hydrogen-bond acceptors (Lipinski definition) is 2. The summed E-state index contributed by atoms with van der Waals surface area (Å²) >= 11 is 23.6. The molecule has 1 aliphatic heterocycles. The van der Waals surface area contributed by atoms with E-state index in [1.807, 2.05) is 0 Å². The molecule has 2 aromatic carbocycles. The molecule has 1 aliphatic rings. The summed E-state index contributed by atoms with van der Waals surface area (Å²) in [5.41, 5.74) is 3.65. The average molecular weight is 456 g/mol. The Hall–Kier alpha value is -1.85. The SMILES string of the molecule is O=C(c1[nH]cc2c1CN=C(c1ccccc1F)c1cc(Cl)ccc1-2)C(Cl)(Cl)Cl. The molecule has 0 radical (unpaired) electrons. The Kier molecular flexibility index (Phi) is 5.00. The van der Waals surface area contributed by atoms with Crippen molar-refractivity contribution in [3.05, 3.63) is 81.9 Å². The lowest BCUT2D eigenvalue weighted by molar-refractivity contribution is 0.0991. The van der Waals surface area contributed by atoms with Crippen molar-refractivity contribution in [1.29, 1.82) is 0 Å². The average Bonchev–Trinajstić information content (AvgIpc) is 2.98. The van der Waals surface area contributed by atoms with Crippen LogP contribution in [-0.2, 0) is 6.54 Å². The Bertz CT molecular complexity index is 1130. The third-order valence-corrected chi connectivity index (χ3v) is 5.27. The number of alkyl halides is 3. The maximum Gasteiger partial charge on any atom is 0.255 e. The first kappa shape index (κ1) is 19.5. The molecule has 0 saturated heterocycles. The minimum absolute atomic E-state index is 0.108. The zero-order valence-corrected chi connectivity index (χ0v) is 17.1. The van der Waals surface area contributed by atoms with E-state index in [1.165, 1.54) is 6.07 Å². The van der Waals surface area contributed by atoms with Gasteiger partial charge in [-0.2, -0.15) is 0 Å². The van der Waals surface area contributed by atoms with Crippen molar-refractivity contribution < 1.29 is 9.18 Å². The highest BCUT2D eigenvalue weighted by atomic mass is 35.6. The number of nitrogens with one attached hydrogen (secondary N) is 1. The van der Waals surface area contributed by atoms with Gasteiger partial charge in [0.25, 0.3) is 3.79 Å². The Labute approximate surface area is 180 Å². The smallest absolute Gasteiger partial charge is 0.255 e. The van der Waals surface area contributed by atoms with E-state index in [0.717, 1.165) is 11.1 Å². The van der Waals surface area contributed by atoms with Crippen molar-refractivity contribution in [2.75, 3.05) is 0 Å². The number of carbonyl (C=O) groups excluding carboxylic acids is 1. The topological polar surface area (TPSA) is 45.2 Å². The van der Waals surface area contributed by atoms with E-state index in [-0.39, 0.29) is 12.2 Å². The van der Waals surface area contributed by atoms with Gasteiger partial charge in [-0.15, -0.1) is 0 Å². The number of ketones is 1. The largest absolute Gasteiger partial charge is 0.358 e. The first-order valence-electron chi connectivity index (χ1n) is 8.19. The quantitative estimate of drug-likeness (QED) is 0.353. The molecule has 1 aromatic heterocycles. The normalized spacial score (nSPS) is 13.4. The van der Waals surface area contributed by atoms with Crippen LogP contribution in [0.1, 0.15) is 27.2 Å². The zero-order chi connectivity index (χ0) is 20.1. The van der Waals surface area contributed by atoms with Gasteiger partial charge in [-0.05, 0) is 29.8 Å². The lowest BCUT2D eigenvalue weighted by Crippen LogP contribution is -2.20. The van der Waals surface area contributed by atoms with E-state index in [9.17, 15) is 9.18 Å². The Morgan fingerprint density at radius 3 is 2.50 bits per heavy atom. The van der Waals surface area contributed by atoms with Crippen LogP contribution in [0.5, 0.6) is 0 Å². The van der Waals surface area contributed by atoms with Crippen LogP contribution in [0.3, 0.4) is 0 Å². The van der Waals surface area contributed by atoms with Gasteiger partial charge < -0.3 is 4.98 Å². The standard InChI is InChI=1S/C20H11Cl4FN2O/c21-10-5-6-11-13(7-10)17(12-3-1-2-4-16(12)25)26-9-15-14(11)8-27-18(15)19(28)20(22,23)24/h1-8,27H,9H2. The number of benzene rings is 2. The molecule has 8 heteroatoms. The third kappa shape index (κ3) is 3.35. The highest BCUT2D eigenvalue weighted by Gasteiger charge is 2.36. The Balaban J connectivity index is 1.96. The van der Waals surface area contributed by atoms with Gasteiger partial charge in [-0.3, -0.25) is 9.79 Å². The summed E-state index contributed by atoms with van der Waals surface area (Å²) in [7, 11) is 0. The molecule has 0 bridgehead atoms. The second kappa shape index (κ2) is 7.20. The molecule has 0 unspecified atom stereocenters. The maximum atomic E-state index is 14.5. The number of Topliss-reactive ketones (excluding diaryl/α,β-unsaturated/α-hetero) is 1. The summed E-state index contributed by atoms with van der Waals surface area (Å²) in [6.07, 6.45) is 1.66. The third-order valence-electron chi connectivity index (χ3n) is 4.52. The van der Waals surface area contributed by atoms with Gasteiger partial charge in [0.1, 0.15) is 5.82 Å². The number of nitrogens with zero attached hydrogens (tertiary/aromatic N) is 1. The van der Waals surface area contributed by atoms with Crippen molar-refractivity contribution in [3.8, 4) is 11.1 Å². The van der Waals surface area contributed by atoms with Crippen molar-refractivity contribution in [2.24, 2.45) is 4.99 Å². The van der Waals surface area contributed by atoms with E-state index in [1.54, 1.807) is 42.6 Å². The van der Waals surface area contributed by atoms with Crippen LogP contribution in [0.15, 0.2) is 53.7 Å². The second-order valence-electron chi connectivity index (χ2n) is 6.22. The van der Waals surface area contributed by atoms with Gasteiger partial charge in [0.05, 0.1) is 18.0 Å². The molecular formula is C20H11Cl4FN2O. The minimum atomic E-state index is -2.11. The fourth-order valence-electron chi connectivity index (χ4n) is 3.28. The van der Waals surface area contributed by atoms with Crippen molar-refractivity contribution in [3.63, 3.8) is 0 Å². The summed E-state index contributed by atoms with van der Waals surface area (Å²) in [5, 5.41) is 0.486. The van der Waals surface area contributed by atoms with Crippen LogP contribution in [0.4, 0.5) is 4.39 Å². The monoisotopic (exact) mass is 454 g/mol. The summed E-state index contributed by atoms with van der Waals surface area (Å²) in [4.78, 5) is 20.0. The number of hydrogen-bond donors (Lipinski definition) is 1. The lowest BCUT2D eigenvalue weighted by atomic mass is 9.93. The molecule has 0 atom stereocenters. The van der Waals surface area contributed by atoms with Crippen molar-refractivity contribution in [2.45, 2.75) is 10.3 Å². The number of aromatic amines is 1. The van der Waals surface area contributed by atoms with Crippen LogP contribution in [0, 0.1) is 5.82 Å². The van der Waals surface area contributed by atoms with E-state index in [2.05, 4.69) is 9.98 Å². The van der Waals surface area contributed by atoms with E-state index in [0.29, 0.717) is 27.4 Å². The molecular weight excluding hydrogens is 445 g/mol. The van der Waals surface area contributed by atoms with Crippen molar-refractivity contribution in [1.82, 2.24) is 4.98 Å². The van der Waals surface area contributed by atoms with E-state index in [4.69, 9.17) is 46.4 Å². The molecule has 4 rings (SSSR count). The van der Waals surface area contributed by atoms with Gasteiger partial charge in [0.15, 0.2) is 0 Å². The number of fused-ring (bicyclic) bond motifs is 3. The number of rotatable bonds is 2. The highest BCUT2D eigenvalue weighted by molar-refractivity contribution is 6.77. The number of aromatic nitrogens is 1.